The molecule has 0 spiro atoms. The van der Waals surface area contributed by atoms with Gasteiger partial charge in [-0.1, -0.05) is 30.3 Å². The van der Waals surface area contributed by atoms with Crippen molar-refractivity contribution in [2.75, 3.05) is 19.3 Å². The molecule has 1 aromatic carbocycles. The molecule has 2 N–H and O–H groups in total. The van der Waals surface area contributed by atoms with E-state index in [4.69, 9.17) is 10.3 Å². The van der Waals surface area contributed by atoms with Crippen LogP contribution in [0.2, 0.25) is 0 Å². The van der Waals surface area contributed by atoms with Crippen LogP contribution in [0.4, 0.5) is 4.39 Å². The molecule has 0 bridgehead atoms. The van der Waals surface area contributed by atoms with Crippen molar-refractivity contribution in [1.82, 2.24) is 4.90 Å². The molecule has 33 heavy (non-hydrogen) atoms. The van der Waals surface area contributed by atoms with Gasteiger partial charge in [-0.2, -0.15) is 0 Å². The summed E-state index contributed by atoms with van der Waals surface area (Å²) in [7, 11) is -4.36. The van der Waals surface area contributed by atoms with Crippen molar-refractivity contribution in [2.24, 2.45) is 5.73 Å². The number of nitrogens with zero attached hydrogens (tertiary/aromatic N) is 1. The van der Waals surface area contributed by atoms with Crippen LogP contribution in [0.25, 0.3) is 0 Å². The molecule has 1 heterocycles. The number of benzene rings is 1. The van der Waals surface area contributed by atoms with E-state index >= 15 is 0 Å². The fourth-order valence-corrected chi connectivity index (χ4v) is 4.96. The Bertz CT molecular complexity index is 776. The summed E-state index contributed by atoms with van der Waals surface area (Å²) in [4.78, 5) is 37.4. The van der Waals surface area contributed by atoms with Gasteiger partial charge in [0.1, 0.15) is 19.9 Å². The predicted molar refractivity (Wildman–Crippen MR) is 110 cm³/mol. The number of aliphatic carboxylic acids is 1. The summed E-state index contributed by atoms with van der Waals surface area (Å²) in [5.41, 5.74) is 6.56. The van der Waals surface area contributed by atoms with Crippen molar-refractivity contribution in [3.8, 4) is 0 Å². The fraction of sp³-hybridized carbons (Fsp3) is 0.619. The van der Waals surface area contributed by atoms with Gasteiger partial charge in [-0.25, -0.2) is 4.39 Å². The Labute approximate surface area is 218 Å². The van der Waals surface area contributed by atoms with E-state index in [9.17, 15) is 28.5 Å². The smallest absolute Gasteiger partial charge is 0.778 e. The molecular formula is C21H30FLi2N2O6P. The van der Waals surface area contributed by atoms with E-state index < -0.39 is 44.3 Å². The molecule has 0 saturated carbocycles. The number of halogens is 1. The van der Waals surface area contributed by atoms with E-state index in [0.29, 0.717) is 32.2 Å². The number of hydrogen-bond donors (Lipinski definition) is 1. The summed E-state index contributed by atoms with van der Waals surface area (Å²) in [6.45, 7) is -0.0676. The van der Waals surface area contributed by atoms with Crippen LogP contribution in [0.15, 0.2) is 30.3 Å². The van der Waals surface area contributed by atoms with Gasteiger partial charge in [0.2, 0.25) is 0 Å². The number of rotatable bonds is 13. The quantitative estimate of drug-likeness (QED) is 0.173. The van der Waals surface area contributed by atoms with E-state index in [2.05, 4.69) is 0 Å². The number of nitrogens with two attached hydrogens (primary N) is 1. The molecule has 2 rings (SSSR count). The first-order chi connectivity index (χ1) is 14.7. The standard InChI is InChI=1S/C21H32FN2O6P.2Li/c22-17-14-18(21(26)27)24(15-17)20(25)19(11-4-6-12-23)30-31(28,29)13-7-5-10-16-8-2-1-3-9-16;;/h1-3,8-9,17-19H,4-7,10-15,23H2,(H,26,27)(H,28,29);;/q;2*+1/p-2/t17-,18+,19+;;/m1../s1. The molecule has 174 valence electrons. The Balaban J connectivity index is 0.00000512. The van der Waals surface area contributed by atoms with E-state index in [-0.39, 0.29) is 56.7 Å². The SMILES string of the molecule is NCCCC[C@H](OP(=O)([O-])CCCCc1ccccc1)C(=O)N1C[C@H](F)C[C@H]1C(=O)[O-].[Li+].[Li+]. The summed E-state index contributed by atoms with van der Waals surface area (Å²) in [5.74, 6) is -2.41. The third kappa shape index (κ3) is 11.1. The van der Waals surface area contributed by atoms with Crippen molar-refractivity contribution in [2.45, 2.75) is 63.3 Å². The Morgan fingerprint density at radius 3 is 2.45 bits per heavy atom. The van der Waals surface area contributed by atoms with Gasteiger partial charge < -0.3 is 34.5 Å². The Hall–Kier alpha value is -0.605. The number of carbonyl (C=O) groups is 2. The normalized spacial score (nSPS) is 20.3. The monoisotopic (exact) mass is 470 g/mol. The molecule has 1 amide bonds. The van der Waals surface area contributed by atoms with E-state index in [1.807, 2.05) is 30.3 Å². The molecule has 1 fully saturated rings. The minimum absolute atomic E-state index is 0. The summed E-state index contributed by atoms with van der Waals surface area (Å²) in [6.07, 6.45) is -0.783. The zero-order chi connectivity index (χ0) is 22.9. The van der Waals surface area contributed by atoms with Gasteiger partial charge >= 0.3 is 37.7 Å². The zero-order valence-electron chi connectivity index (χ0n) is 19.5. The summed E-state index contributed by atoms with van der Waals surface area (Å²) < 4.78 is 31.4. The van der Waals surface area contributed by atoms with E-state index in [1.54, 1.807) is 0 Å². The van der Waals surface area contributed by atoms with Crippen molar-refractivity contribution in [1.29, 1.82) is 0 Å². The number of carbonyl (C=O) groups excluding carboxylic acids is 2. The molecule has 1 aliphatic rings. The Morgan fingerprint density at radius 2 is 1.85 bits per heavy atom. The van der Waals surface area contributed by atoms with Crippen LogP contribution in [0.3, 0.4) is 0 Å². The van der Waals surface area contributed by atoms with Gasteiger partial charge in [0.25, 0.3) is 5.91 Å². The maximum Gasteiger partial charge on any atom is 1.00 e. The number of likely N-dealkylation sites (tertiary alicyclic amines) is 1. The number of hydrogen-bond acceptors (Lipinski definition) is 7. The molecule has 0 aliphatic carbocycles. The van der Waals surface area contributed by atoms with Crippen LogP contribution in [0.5, 0.6) is 0 Å². The van der Waals surface area contributed by atoms with Crippen molar-refractivity contribution in [3.05, 3.63) is 35.9 Å². The number of alkyl halides is 1. The van der Waals surface area contributed by atoms with Gasteiger partial charge in [0.15, 0.2) is 0 Å². The van der Waals surface area contributed by atoms with Crippen molar-refractivity contribution < 1.29 is 70.8 Å². The predicted octanol–water partition coefficient (Wildman–Crippen LogP) is -5.23. The number of aryl methyl sites for hydroxylation is 1. The number of amides is 1. The Morgan fingerprint density at radius 1 is 1.18 bits per heavy atom. The van der Waals surface area contributed by atoms with Crippen LogP contribution in [-0.4, -0.2) is 54.3 Å². The molecule has 1 aromatic rings. The molecule has 1 saturated heterocycles. The summed E-state index contributed by atoms with van der Waals surface area (Å²) in [5, 5.41) is 11.3. The minimum Gasteiger partial charge on any atom is -0.778 e. The van der Waals surface area contributed by atoms with Crippen molar-refractivity contribution in [3.63, 3.8) is 0 Å². The van der Waals surface area contributed by atoms with Gasteiger partial charge in [-0.05, 0) is 50.6 Å². The Kier molecular flexibility index (Phi) is 15.8. The van der Waals surface area contributed by atoms with E-state index in [1.165, 1.54) is 0 Å². The molecule has 4 atom stereocenters. The average molecular weight is 470 g/mol. The molecule has 0 aromatic heterocycles. The third-order valence-electron chi connectivity index (χ3n) is 5.28. The van der Waals surface area contributed by atoms with Crippen molar-refractivity contribution >= 4 is 19.5 Å². The maximum absolute atomic E-state index is 13.7. The molecule has 12 heteroatoms. The zero-order valence-corrected chi connectivity index (χ0v) is 20.4. The molecule has 8 nitrogen and oxygen atoms in total. The minimum atomic E-state index is -4.36. The van der Waals surface area contributed by atoms with E-state index in [0.717, 1.165) is 16.9 Å². The average Bonchev–Trinajstić information content (AvgIpc) is 3.13. The van der Waals surface area contributed by atoms with Crippen LogP contribution in [0.1, 0.15) is 44.1 Å². The fourth-order valence-electron chi connectivity index (χ4n) is 3.66. The first-order valence-electron chi connectivity index (χ1n) is 10.6. The van der Waals surface area contributed by atoms with Gasteiger partial charge in [-0.15, -0.1) is 0 Å². The number of unbranched alkanes of at least 4 members (excludes halogenated alkanes) is 2. The second-order valence-corrected chi connectivity index (χ2v) is 9.69. The summed E-state index contributed by atoms with van der Waals surface area (Å²) in [6, 6.07) is 8.22. The largest absolute Gasteiger partial charge is 1.00 e. The van der Waals surface area contributed by atoms with Gasteiger partial charge in [0, 0.05) is 12.6 Å². The second-order valence-electron chi connectivity index (χ2n) is 7.81. The van der Waals surface area contributed by atoms with Gasteiger partial charge in [-0.3, -0.25) is 4.79 Å². The number of carboxylic acids is 1. The third-order valence-corrected chi connectivity index (χ3v) is 6.72. The molecule has 1 unspecified atom stereocenters. The molecular weight excluding hydrogens is 440 g/mol. The van der Waals surface area contributed by atoms with Crippen LogP contribution < -0.4 is 53.5 Å². The topological polar surface area (TPSA) is 136 Å². The second kappa shape index (κ2) is 16.1. The first-order valence-corrected chi connectivity index (χ1v) is 12.3. The molecule has 1 aliphatic heterocycles. The first kappa shape index (κ1) is 32.4. The van der Waals surface area contributed by atoms with Gasteiger partial charge in [0.05, 0.1) is 18.6 Å². The number of carboxylic acid groups (broad SMARTS) is 1. The summed E-state index contributed by atoms with van der Waals surface area (Å²) >= 11 is 0. The molecule has 0 radical (unpaired) electrons. The van der Waals surface area contributed by atoms with Crippen LogP contribution in [0, 0.1) is 0 Å². The van der Waals surface area contributed by atoms with Crippen LogP contribution >= 0.6 is 7.60 Å². The van der Waals surface area contributed by atoms with Crippen LogP contribution in [-0.2, 0) is 25.1 Å². The maximum atomic E-state index is 13.7.